The minimum atomic E-state index is 0.600. The molecule has 0 amide bonds. The molecule has 49 heavy (non-hydrogen) atoms. The standard InChI is InChI=1S/C43H26N6/c1-3-18-31-27(12-1)14-10-22-35(31)41-46-40(47-42(48-41)36-23-11-15-28-13-2-4-19-32(28)36)30-17-9-16-29(26-30)38-33-20-5-6-21-34(33)39-43(45-38)49-25-8-7-24-37(49)44-39/h1-26H. The van der Waals surface area contributed by atoms with E-state index in [0.29, 0.717) is 17.5 Å². The van der Waals surface area contributed by atoms with E-state index in [4.69, 9.17) is 24.9 Å². The zero-order valence-electron chi connectivity index (χ0n) is 26.2. The van der Waals surface area contributed by atoms with Gasteiger partial charge < -0.3 is 0 Å². The summed E-state index contributed by atoms with van der Waals surface area (Å²) in [7, 11) is 0. The Kier molecular flexibility index (Phi) is 6.08. The fourth-order valence-electron chi connectivity index (χ4n) is 6.95. The molecule has 10 aromatic rings. The van der Waals surface area contributed by atoms with Gasteiger partial charge in [-0.3, -0.25) is 4.40 Å². The lowest BCUT2D eigenvalue weighted by atomic mass is 10.0. The predicted molar refractivity (Wildman–Crippen MR) is 198 cm³/mol. The van der Waals surface area contributed by atoms with Gasteiger partial charge in [-0.05, 0) is 39.7 Å². The van der Waals surface area contributed by atoms with Crippen molar-refractivity contribution < 1.29 is 0 Å². The minimum Gasteiger partial charge on any atom is -0.284 e. The van der Waals surface area contributed by atoms with Crippen LogP contribution < -0.4 is 0 Å². The van der Waals surface area contributed by atoms with Crippen molar-refractivity contribution in [1.82, 2.24) is 29.3 Å². The molecule has 0 unspecified atom stereocenters. The number of pyridine rings is 2. The van der Waals surface area contributed by atoms with Gasteiger partial charge >= 0.3 is 0 Å². The zero-order valence-corrected chi connectivity index (χ0v) is 26.2. The summed E-state index contributed by atoms with van der Waals surface area (Å²) in [5.74, 6) is 1.86. The van der Waals surface area contributed by atoms with Crippen LogP contribution in [0.2, 0.25) is 0 Å². The maximum Gasteiger partial charge on any atom is 0.165 e. The Morgan fingerprint density at radius 2 is 0.939 bits per heavy atom. The summed E-state index contributed by atoms with van der Waals surface area (Å²) in [6.07, 6.45) is 2.01. The maximum absolute atomic E-state index is 5.24. The molecule has 0 saturated heterocycles. The summed E-state index contributed by atoms with van der Waals surface area (Å²) >= 11 is 0. The molecule has 0 spiro atoms. The Balaban J connectivity index is 1.21. The molecular weight excluding hydrogens is 601 g/mol. The number of nitrogens with zero attached hydrogens (tertiary/aromatic N) is 6. The van der Waals surface area contributed by atoms with E-state index in [1.54, 1.807) is 0 Å². The summed E-state index contributed by atoms with van der Waals surface area (Å²) in [6.45, 7) is 0. The largest absolute Gasteiger partial charge is 0.284 e. The van der Waals surface area contributed by atoms with E-state index in [0.717, 1.165) is 77.1 Å². The van der Waals surface area contributed by atoms with Gasteiger partial charge in [0.1, 0.15) is 11.2 Å². The van der Waals surface area contributed by atoms with Gasteiger partial charge in [0.05, 0.1) is 5.69 Å². The third-order valence-corrected chi connectivity index (χ3v) is 9.25. The van der Waals surface area contributed by atoms with Gasteiger partial charge in [-0.25, -0.2) is 24.9 Å². The molecule has 6 heteroatoms. The van der Waals surface area contributed by atoms with Crippen LogP contribution in [0.3, 0.4) is 0 Å². The zero-order chi connectivity index (χ0) is 32.3. The molecule has 0 atom stereocenters. The highest BCUT2D eigenvalue weighted by Crippen LogP contribution is 2.36. The molecule has 0 aliphatic carbocycles. The molecule has 0 fully saturated rings. The van der Waals surface area contributed by atoms with Crippen LogP contribution in [0.5, 0.6) is 0 Å². The summed E-state index contributed by atoms with van der Waals surface area (Å²) in [6, 6.07) is 52.0. The van der Waals surface area contributed by atoms with Crippen molar-refractivity contribution in [2.24, 2.45) is 0 Å². The molecule has 10 rings (SSSR count). The van der Waals surface area contributed by atoms with Crippen LogP contribution in [0.4, 0.5) is 0 Å². The lowest BCUT2D eigenvalue weighted by Crippen LogP contribution is -2.01. The quantitative estimate of drug-likeness (QED) is 0.194. The number of aromatic nitrogens is 6. The molecule has 0 aliphatic heterocycles. The Labute approximate surface area is 281 Å². The van der Waals surface area contributed by atoms with Crippen molar-refractivity contribution in [3.05, 3.63) is 158 Å². The summed E-state index contributed by atoms with van der Waals surface area (Å²) in [5, 5.41) is 6.56. The number of fused-ring (bicyclic) bond motifs is 7. The van der Waals surface area contributed by atoms with Crippen molar-refractivity contribution in [2.45, 2.75) is 0 Å². The Bertz CT molecular complexity index is 2800. The highest BCUT2D eigenvalue weighted by Gasteiger charge is 2.18. The van der Waals surface area contributed by atoms with E-state index in [9.17, 15) is 0 Å². The predicted octanol–water partition coefficient (Wildman–Crippen LogP) is 10.2. The van der Waals surface area contributed by atoms with Crippen LogP contribution in [-0.4, -0.2) is 29.3 Å². The molecule has 6 nitrogen and oxygen atoms in total. The molecule has 0 saturated carbocycles. The first-order chi connectivity index (χ1) is 24.3. The minimum absolute atomic E-state index is 0.600. The fraction of sp³-hybridized carbons (Fsp3) is 0. The normalized spacial score (nSPS) is 11.7. The van der Waals surface area contributed by atoms with E-state index in [1.807, 2.05) is 28.8 Å². The van der Waals surface area contributed by atoms with Gasteiger partial charge in [-0.1, -0.05) is 133 Å². The average molecular weight is 627 g/mol. The summed E-state index contributed by atoms with van der Waals surface area (Å²) < 4.78 is 2.05. The van der Waals surface area contributed by atoms with Crippen molar-refractivity contribution in [3.63, 3.8) is 0 Å². The van der Waals surface area contributed by atoms with Crippen molar-refractivity contribution in [3.8, 4) is 45.4 Å². The number of hydrogen-bond donors (Lipinski definition) is 0. The SMILES string of the molecule is c1cc(-c2nc(-c3cccc4ccccc34)nc(-c3cccc4ccccc34)n2)cc(-c2nc3c(nc4ccccn43)c3ccccc23)c1. The molecule has 228 valence electrons. The van der Waals surface area contributed by atoms with E-state index in [2.05, 4.69) is 133 Å². The van der Waals surface area contributed by atoms with Crippen LogP contribution in [0.25, 0.3) is 94.5 Å². The highest BCUT2D eigenvalue weighted by molar-refractivity contribution is 6.09. The molecule has 4 aromatic heterocycles. The van der Waals surface area contributed by atoms with E-state index in [1.165, 1.54) is 0 Å². The van der Waals surface area contributed by atoms with Gasteiger partial charge in [0.2, 0.25) is 0 Å². The summed E-state index contributed by atoms with van der Waals surface area (Å²) in [4.78, 5) is 25.6. The van der Waals surface area contributed by atoms with Crippen molar-refractivity contribution in [1.29, 1.82) is 0 Å². The second-order valence-corrected chi connectivity index (χ2v) is 12.2. The molecule has 4 heterocycles. The molecule has 0 radical (unpaired) electrons. The van der Waals surface area contributed by atoms with Crippen LogP contribution in [0, 0.1) is 0 Å². The van der Waals surface area contributed by atoms with Gasteiger partial charge in [0.15, 0.2) is 23.1 Å². The average Bonchev–Trinajstić information content (AvgIpc) is 3.56. The van der Waals surface area contributed by atoms with Crippen LogP contribution in [-0.2, 0) is 0 Å². The smallest absolute Gasteiger partial charge is 0.165 e. The number of hydrogen-bond acceptors (Lipinski definition) is 5. The first-order valence-corrected chi connectivity index (χ1v) is 16.3. The Morgan fingerprint density at radius 1 is 0.388 bits per heavy atom. The number of rotatable bonds is 4. The maximum atomic E-state index is 5.24. The fourth-order valence-corrected chi connectivity index (χ4v) is 6.95. The van der Waals surface area contributed by atoms with E-state index >= 15 is 0 Å². The summed E-state index contributed by atoms with van der Waals surface area (Å²) in [5.41, 5.74) is 7.24. The van der Waals surface area contributed by atoms with Gasteiger partial charge in [-0.2, -0.15) is 0 Å². The Hall–Kier alpha value is -6.79. The van der Waals surface area contributed by atoms with Crippen LogP contribution in [0.15, 0.2) is 158 Å². The van der Waals surface area contributed by atoms with E-state index in [-0.39, 0.29) is 0 Å². The van der Waals surface area contributed by atoms with Gasteiger partial charge in [0.25, 0.3) is 0 Å². The van der Waals surface area contributed by atoms with Crippen LogP contribution >= 0.6 is 0 Å². The third kappa shape index (κ3) is 4.46. The molecule has 0 aliphatic rings. The van der Waals surface area contributed by atoms with Crippen molar-refractivity contribution in [2.75, 3.05) is 0 Å². The molecule has 0 N–H and O–H groups in total. The first kappa shape index (κ1) is 27.3. The number of benzene rings is 6. The number of imidazole rings is 1. The molecular formula is C43H26N6. The Morgan fingerprint density at radius 3 is 1.65 bits per heavy atom. The highest BCUT2D eigenvalue weighted by atomic mass is 15.1. The second-order valence-electron chi connectivity index (χ2n) is 12.2. The van der Waals surface area contributed by atoms with Gasteiger partial charge in [0, 0.05) is 39.2 Å². The second kappa shape index (κ2) is 10.9. The van der Waals surface area contributed by atoms with Gasteiger partial charge in [-0.15, -0.1) is 0 Å². The topological polar surface area (TPSA) is 68.9 Å². The molecule has 0 bridgehead atoms. The van der Waals surface area contributed by atoms with Crippen LogP contribution in [0.1, 0.15) is 0 Å². The lowest BCUT2D eigenvalue weighted by molar-refractivity contribution is 1.08. The first-order valence-electron chi connectivity index (χ1n) is 16.3. The molecule has 6 aromatic carbocycles. The van der Waals surface area contributed by atoms with E-state index < -0.39 is 0 Å². The monoisotopic (exact) mass is 626 g/mol. The third-order valence-electron chi connectivity index (χ3n) is 9.25. The van der Waals surface area contributed by atoms with Crippen molar-refractivity contribution >= 4 is 49.1 Å². The lowest BCUT2D eigenvalue weighted by Gasteiger charge is -2.12.